The van der Waals surface area contributed by atoms with Crippen molar-refractivity contribution >= 4 is 25.3 Å². The lowest BCUT2D eigenvalue weighted by Crippen LogP contribution is -2.41. The van der Waals surface area contributed by atoms with Crippen LogP contribution in [0.1, 0.15) is 32.6 Å². The molecule has 20 heavy (non-hydrogen) atoms. The van der Waals surface area contributed by atoms with E-state index in [0.29, 0.717) is 0 Å². The number of thiol groups is 2. The van der Waals surface area contributed by atoms with Crippen molar-refractivity contribution in [3.05, 3.63) is 0 Å². The molecule has 1 saturated heterocycles. The number of hydrogen-bond donors (Lipinski definition) is 2. The number of rotatable bonds is 3. The maximum absolute atomic E-state index is 10.2. The molecule has 1 aliphatic rings. The number of halogens is 6. The first kappa shape index (κ1) is 22.5. The minimum atomic E-state index is -4.31. The van der Waals surface area contributed by atoms with Gasteiger partial charge in [-0.1, -0.05) is 38.6 Å². The third kappa shape index (κ3) is 26.7. The topological polar surface area (TPSA) is 0 Å². The molecule has 0 aromatic carbocycles. The van der Waals surface area contributed by atoms with E-state index in [-0.39, 0.29) is 0 Å². The molecule has 9 heteroatoms. The Morgan fingerprint density at radius 1 is 0.900 bits per heavy atom. The van der Waals surface area contributed by atoms with E-state index in [1.165, 1.54) is 49.8 Å². The second-order valence-electron chi connectivity index (χ2n) is 4.79. The molecule has 0 atom stereocenters. The van der Waals surface area contributed by atoms with Gasteiger partial charge < -0.3 is 4.48 Å². The number of unbranched alkanes of at least 4 members (excludes halogenated alkanes) is 1. The normalized spacial score (nSPS) is 17.7. The summed E-state index contributed by atoms with van der Waals surface area (Å²) in [5.74, 6) is 0. The number of quaternary nitrogens is 1. The summed E-state index contributed by atoms with van der Waals surface area (Å²) in [6.07, 6.45) is 5.69. The fraction of sp³-hybridized carbons (Fsp3) is 1.00. The first-order chi connectivity index (χ1) is 8.77. The SMILES string of the molecule is CCCC[N+]1(C)CCCC1.FC(F)(F)S.FC(F)(F)S. The summed E-state index contributed by atoms with van der Waals surface area (Å²) in [5, 5.41) is 0. The first-order valence-corrected chi connectivity index (χ1v) is 7.08. The number of nitrogens with zero attached hydrogens (tertiary/aromatic N) is 1. The Morgan fingerprint density at radius 3 is 1.45 bits per heavy atom. The monoisotopic (exact) mass is 346 g/mol. The summed E-state index contributed by atoms with van der Waals surface area (Å²) >= 11 is 4.25. The van der Waals surface area contributed by atoms with Gasteiger partial charge in [-0.05, 0) is 6.42 Å². The number of alkyl halides is 6. The lowest BCUT2D eigenvalue weighted by atomic mass is 10.3. The van der Waals surface area contributed by atoms with Crippen LogP contribution in [0.2, 0.25) is 0 Å². The molecule has 0 radical (unpaired) electrons. The van der Waals surface area contributed by atoms with E-state index < -0.39 is 11.0 Å². The molecule has 1 aliphatic heterocycles. The Balaban J connectivity index is 0. The van der Waals surface area contributed by atoms with Gasteiger partial charge in [0.15, 0.2) is 0 Å². The molecule has 124 valence electrons. The number of hydrogen-bond acceptors (Lipinski definition) is 2. The van der Waals surface area contributed by atoms with Crippen molar-refractivity contribution in [3.8, 4) is 0 Å². The fourth-order valence-electron chi connectivity index (χ4n) is 1.86. The maximum Gasteiger partial charge on any atom is 0.438 e. The lowest BCUT2D eigenvalue weighted by molar-refractivity contribution is -0.897. The van der Waals surface area contributed by atoms with Crippen molar-refractivity contribution in [2.24, 2.45) is 0 Å². The van der Waals surface area contributed by atoms with Gasteiger partial charge in [0.1, 0.15) is 0 Å². The molecule has 1 rings (SSSR count). The van der Waals surface area contributed by atoms with E-state index in [4.69, 9.17) is 0 Å². The zero-order valence-electron chi connectivity index (χ0n) is 11.6. The van der Waals surface area contributed by atoms with Crippen LogP contribution in [0.3, 0.4) is 0 Å². The van der Waals surface area contributed by atoms with Crippen molar-refractivity contribution in [2.45, 2.75) is 43.6 Å². The van der Waals surface area contributed by atoms with Crippen molar-refractivity contribution in [1.29, 1.82) is 0 Å². The van der Waals surface area contributed by atoms with Crippen LogP contribution in [0.4, 0.5) is 26.3 Å². The van der Waals surface area contributed by atoms with Crippen LogP contribution in [-0.4, -0.2) is 42.2 Å². The molecule has 0 aliphatic carbocycles. The second kappa shape index (κ2) is 10.0. The Kier molecular flexibility index (Phi) is 11.3. The van der Waals surface area contributed by atoms with E-state index in [9.17, 15) is 26.3 Å². The van der Waals surface area contributed by atoms with E-state index in [2.05, 4.69) is 39.2 Å². The minimum absolute atomic E-state index is 1.36. The zero-order valence-corrected chi connectivity index (χ0v) is 13.3. The van der Waals surface area contributed by atoms with Gasteiger partial charge in [-0.2, -0.15) is 26.3 Å². The van der Waals surface area contributed by atoms with Gasteiger partial charge in [0.2, 0.25) is 0 Å². The van der Waals surface area contributed by atoms with Gasteiger partial charge in [0.25, 0.3) is 0 Å². The van der Waals surface area contributed by atoms with Crippen molar-refractivity contribution < 1.29 is 30.8 Å². The largest absolute Gasteiger partial charge is 0.438 e. The Bertz CT molecular complexity index is 212. The summed E-state index contributed by atoms with van der Waals surface area (Å²) in [6, 6.07) is 0. The van der Waals surface area contributed by atoms with E-state index in [1.807, 2.05) is 0 Å². The van der Waals surface area contributed by atoms with Gasteiger partial charge in [-0.15, -0.1) is 0 Å². The fourth-order valence-corrected chi connectivity index (χ4v) is 1.86. The van der Waals surface area contributed by atoms with E-state index in [0.717, 1.165) is 0 Å². The van der Waals surface area contributed by atoms with Crippen LogP contribution in [0.25, 0.3) is 0 Å². The van der Waals surface area contributed by atoms with Crippen LogP contribution < -0.4 is 0 Å². The average Bonchev–Trinajstić information content (AvgIpc) is 2.57. The van der Waals surface area contributed by atoms with Gasteiger partial charge in [0, 0.05) is 12.8 Å². The highest BCUT2D eigenvalue weighted by molar-refractivity contribution is 7.81. The third-order valence-corrected chi connectivity index (χ3v) is 2.70. The van der Waals surface area contributed by atoms with Crippen molar-refractivity contribution in [2.75, 3.05) is 26.7 Å². The predicted octanol–water partition coefficient (Wildman–Crippen LogP) is 4.90. The molecule has 0 bridgehead atoms. The van der Waals surface area contributed by atoms with Crippen LogP contribution in [0.15, 0.2) is 0 Å². The highest BCUT2D eigenvalue weighted by Crippen LogP contribution is 2.18. The highest BCUT2D eigenvalue weighted by Gasteiger charge is 2.25. The summed E-state index contributed by atoms with van der Waals surface area (Å²) in [4.78, 5) is 0. The molecule has 0 spiro atoms. The molecule has 0 aromatic heterocycles. The third-order valence-electron chi connectivity index (χ3n) is 2.70. The summed E-state index contributed by atoms with van der Waals surface area (Å²) < 4.78 is 62.7. The molecule has 1 nitrogen and oxygen atoms in total. The van der Waals surface area contributed by atoms with Crippen LogP contribution in [0.5, 0.6) is 0 Å². The molecule has 0 amide bonds. The van der Waals surface area contributed by atoms with E-state index in [1.54, 1.807) is 0 Å². The Hall–Kier alpha value is 0.240. The van der Waals surface area contributed by atoms with Crippen LogP contribution in [0, 0.1) is 0 Å². The summed E-state index contributed by atoms with van der Waals surface area (Å²) in [6.45, 7) is 6.55. The molecular formula is C11H22F6NS2+. The van der Waals surface area contributed by atoms with Crippen molar-refractivity contribution in [1.82, 2.24) is 0 Å². The summed E-state index contributed by atoms with van der Waals surface area (Å²) in [7, 11) is 2.41. The second-order valence-corrected chi connectivity index (χ2v) is 5.80. The molecular weight excluding hydrogens is 324 g/mol. The quantitative estimate of drug-likeness (QED) is 0.405. The molecule has 0 saturated carbocycles. The molecule has 0 aromatic rings. The van der Waals surface area contributed by atoms with Gasteiger partial charge >= 0.3 is 11.0 Å². The zero-order chi connectivity index (χ0) is 16.4. The van der Waals surface area contributed by atoms with Gasteiger partial charge in [0.05, 0.1) is 26.7 Å². The molecule has 0 unspecified atom stereocenters. The predicted molar refractivity (Wildman–Crippen MR) is 75.0 cm³/mol. The molecule has 0 N–H and O–H groups in total. The van der Waals surface area contributed by atoms with Crippen LogP contribution in [-0.2, 0) is 0 Å². The minimum Gasteiger partial charge on any atom is -0.326 e. The Labute approximate surface area is 127 Å². The Morgan fingerprint density at radius 2 is 1.20 bits per heavy atom. The first-order valence-electron chi connectivity index (χ1n) is 6.18. The van der Waals surface area contributed by atoms with Crippen LogP contribution >= 0.6 is 25.3 Å². The smallest absolute Gasteiger partial charge is 0.326 e. The molecule has 1 fully saturated rings. The standard InChI is InChI=1S/C9H20N.2CHF3S/c1-3-4-7-10(2)8-5-6-9-10;2*2-1(3,4)5/h3-9H2,1-2H3;2*5H/q+1;;. The maximum atomic E-state index is 10.2. The van der Waals surface area contributed by atoms with Gasteiger partial charge in [-0.3, -0.25) is 0 Å². The van der Waals surface area contributed by atoms with Crippen molar-refractivity contribution in [3.63, 3.8) is 0 Å². The average molecular weight is 346 g/mol. The van der Waals surface area contributed by atoms with E-state index >= 15 is 0 Å². The molecule has 1 heterocycles. The summed E-state index contributed by atoms with van der Waals surface area (Å²) in [5.41, 5.74) is -8.61. The lowest BCUT2D eigenvalue weighted by Gasteiger charge is -2.28. The highest BCUT2D eigenvalue weighted by atomic mass is 32.1. The number of likely N-dealkylation sites (tertiary alicyclic amines) is 1. The van der Waals surface area contributed by atoms with Gasteiger partial charge in [-0.25, -0.2) is 0 Å².